The first-order valence-corrected chi connectivity index (χ1v) is 22.7. The first kappa shape index (κ1) is 30.4. The molecule has 0 atom stereocenters. The maximum Gasteiger partial charge on any atom is 0.0796 e. The van der Waals surface area contributed by atoms with Gasteiger partial charge in [0.05, 0.1) is 27.5 Å². The molecule has 0 radical (unpaired) electrons. The van der Waals surface area contributed by atoms with Crippen LogP contribution in [-0.4, -0.2) is 26.1 Å². The van der Waals surface area contributed by atoms with Gasteiger partial charge in [0.15, 0.2) is 0 Å². The summed E-state index contributed by atoms with van der Waals surface area (Å²) >= 11 is 0. The minimum Gasteiger partial charge on any atom is -0.310 e. The van der Waals surface area contributed by atoms with Crippen LogP contribution in [0.5, 0.6) is 0 Å². The fraction of sp³-hybridized carbons (Fsp3) is 0.150. The third-order valence-corrected chi connectivity index (χ3v) is 12.3. The summed E-state index contributed by atoms with van der Waals surface area (Å²) in [5.41, 5.74) is 9.78. The zero-order valence-corrected chi connectivity index (χ0v) is 29.1. The highest BCUT2D eigenvalue weighted by Crippen LogP contribution is 2.39. The van der Waals surface area contributed by atoms with Crippen molar-refractivity contribution in [2.75, 3.05) is 4.90 Å². The van der Waals surface area contributed by atoms with Gasteiger partial charge in [0.25, 0.3) is 0 Å². The zero-order chi connectivity index (χ0) is 31.6. The van der Waals surface area contributed by atoms with Crippen molar-refractivity contribution >= 4 is 43.6 Å². The van der Waals surface area contributed by atoms with Crippen LogP contribution in [0.1, 0.15) is 0 Å². The van der Waals surface area contributed by atoms with Gasteiger partial charge in [0.2, 0.25) is 0 Å². The lowest BCUT2D eigenvalue weighted by atomic mass is 10.0. The SMILES string of the molecule is C[Si](C)(C)c1ccc(-c2cccc(N(c3cccc(-c4ccccc4)c3)c3cccc(-c4ccc([Si](C)(C)C)cn4)c3)c2)nc1. The van der Waals surface area contributed by atoms with Crippen LogP contribution < -0.4 is 15.3 Å². The molecule has 6 rings (SSSR count). The van der Waals surface area contributed by atoms with Crippen LogP contribution in [0, 0.1) is 0 Å². The molecule has 3 nitrogen and oxygen atoms in total. The Balaban J connectivity index is 1.46. The molecule has 2 heterocycles. The van der Waals surface area contributed by atoms with Crippen molar-refractivity contribution in [1.29, 1.82) is 0 Å². The van der Waals surface area contributed by atoms with E-state index in [1.807, 2.05) is 0 Å². The fourth-order valence-corrected chi connectivity index (χ4v) is 7.60. The highest BCUT2D eigenvalue weighted by atomic mass is 28.3. The molecule has 2 aromatic heterocycles. The van der Waals surface area contributed by atoms with Crippen molar-refractivity contribution in [1.82, 2.24) is 9.97 Å². The number of benzene rings is 4. The Hall–Kier alpha value is -4.59. The zero-order valence-electron chi connectivity index (χ0n) is 27.1. The van der Waals surface area contributed by atoms with E-state index in [0.717, 1.165) is 39.6 Å². The summed E-state index contributed by atoms with van der Waals surface area (Å²) in [5.74, 6) is 0. The molecule has 4 aromatic carbocycles. The van der Waals surface area contributed by atoms with Crippen LogP contribution in [-0.2, 0) is 0 Å². The number of pyridine rings is 2. The Morgan fingerprint density at radius 1 is 0.400 bits per heavy atom. The highest BCUT2D eigenvalue weighted by molar-refractivity contribution is 6.89. The Kier molecular flexibility index (Phi) is 8.41. The average Bonchev–Trinajstić information content (AvgIpc) is 3.05. The Morgan fingerprint density at radius 3 is 1.20 bits per heavy atom. The lowest BCUT2D eigenvalue weighted by Crippen LogP contribution is -2.37. The highest BCUT2D eigenvalue weighted by Gasteiger charge is 2.19. The number of nitrogens with zero attached hydrogens (tertiary/aromatic N) is 3. The van der Waals surface area contributed by atoms with Gasteiger partial charge in [-0.2, -0.15) is 0 Å². The van der Waals surface area contributed by atoms with Gasteiger partial charge in [-0.25, -0.2) is 0 Å². The van der Waals surface area contributed by atoms with Crippen LogP contribution in [0.3, 0.4) is 0 Å². The lowest BCUT2D eigenvalue weighted by molar-refractivity contribution is 1.27. The van der Waals surface area contributed by atoms with Crippen molar-refractivity contribution in [3.63, 3.8) is 0 Å². The van der Waals surface area contributed by atoms with E-state index in [9.17, 15) is 0 Å². The maximum absolute atomic E-state index is 4.90. The Labute approximate surface area is 270 Å². The standard InChI is InChI=1S/C40H41N3Si2/c1-44(2,3)37-21-23-39(41-28-37)32-16-11-19-35(26-32)43(34-18-10-15-31(25-34)30-13-8-7-9-14-30)36-20-12-17-33(27-36)40-24-22-38(29-42-40)45(4,5)6/h7-29H,1-6H3. The topological polar surface area (TPSA) is 29.0 Å². The number of hydrogen-bond donors (Lipinski definition) is 0. The van der Waals surface area contributed by atoms with Crippen molar-refractivity contribution in [3.8, 4) is 33.6 Å². The molecule has 0 spiro atoms. The van der Waals surface area contributed by atoms with Crippen LogP contribution >= 0.6 is 0 Å². The Bertz CT molecular complexity index is 1800. The maximum atomic E-state index is 4.90. The van der Waals surface area contributed by atoms with Crippen LogP contribution in [0.4, 0.5) is 17.1 Å². The summed E-state index contributed by atoms with van der Waals surface area (Å²) in [6.45, 7) is 14.1. The molecule has 0 unspecified atom stereocenters. The minimum absolute atomic E-state index is 0.984. The first-order valence-electron chi connectivity index (χ1n) is 15.7. The monoisotopic (exact) mass is 619 g/mol. The molecule has 0 fully saturated rings. The van der Waals surface area contributed by atoms with Crippen molar-refractivity contribution in [2.45, 2.75) is 39.3 Å². The van der Waals surface area contributed by atoms with E-state index in [0.29, 0.717) is 0 Å². The van der Waals surface area contributed by atoms with Gasteiger partial charge in [0.1, 0.15) is 0 Å². The van der Waals surface area contributed by atoms with Crippen molar-refractivity contribution in [3.05, 3.63) is 140 Å². The van der Waals surface area contributed by atoms with E-state index in [-0.39, 0.29) is 0 Å². The quantitative estimate of drug-likeness (QED) is 0.159. The summed E-state index contributed by atoms with van der Waals surface area (Å²) < 4.78 is 0. The molecule has 0 saturated carbocycles. The van der Waals surface area contributed by atoms with E-state index in [4.69, 9.17) is 9.97 Å². The van der Waals surface area contributed by atoms with Crippen LogP contribution in [0.2, 0.25) is 39.3 Å². The Morgan fingerprint density at radius 2 is 0.800 bits per heavy atom. The van der Waals surface area contributed by atoms with Gasteiger partial charge in [-0.1, -0.05) is 118 Å². The molecular formula is C40H41N3Si2. The summed E-state index contributed by atoms with van der Waals surface area (Å²) in [7, 11) is -2.86. The van der Waals surface area contributed by atoms with E-state index >= 15 is 0 Å². The second-order valence-corrected chi connectivity index (χ2v) is 23.9. The minimum atomic E-state index is -1.43. The predicted molar refractivity (Wildman–Crippen MR) is 199 cm³/mol. The molecule has 5 heteroatoms. The summed E-state index contributed by atoms with van der Waals surface area (Å²) in [6, 6.07) is 45.6. The number of aromatic nitrogens is 2. The summed E-state index contributed by atoms with van der Waals surface area (Å²) in [5, 5.41) is 2.73. The average molecular weight is 620 g/mol. The number of anilines is 3. The molecule has 0 N–H and O–H groups in total. The molecule has 224 valence electrons. The van der Waals surface area contributed by atoms with Crippen LogP contribution in [0.15, 0.2) is 140 Å². The molecule has 0 saturated heterocycles. The third kappa shape index (κ3) is 6.90. The van der Waals surface area contributed by atoms with Gasteiger partial charge in [-0.3, -0.25) is 9.97 Å². The molecule has 0 aliphatic heterocycles. The molecule has 6 aromatic rings. The third-order valence-electron chi connectivity index (χ3n) is 8.27. The molecule has 0 aliphatic carbocycles. The van der Waals surface area contributed by atoms with E-state index < -0.39 is 16.1 Å². The lowest BCUT2D eigenvalue weighted by Gasteiger charge is -2.27. The molecule has 45 heavy (non-hydrogen) atoms. The van der Waals surface area contributed by atoms with Crippen molar-refractivity contribution in [2.24, 2.45) is 0 Å². The van der Waals surface area contributed by atoms with Crippen molar-refractivity contribution < 1.29 is 0 Å². The second-order valence-electron chi connectivity index (χ2n) is 13.7. The first-order chi connectivity index (χ1) is 21.6. The number of rotatable bonds is 8. The predicted octanol–water partition coefficient (Wildman–Crippen LogP) is 10.0. The van der Waals surface area contributed by atoms with Gasteiger partial charge >= 0.3 is 0 Å². The van der Waals surface area contributed by atoms with Gasteiger partial charge in [-0.05, 0) is 70.0 Å². The van der Waals surface area contributed by atoms with E-state index in [2.05, 4.69) is 184 Å². The van der Waals surface area contributed by atoms with Crippen LogP contribution in [0.25, 0.3) is 33.6 Å². The molecule has 0 aliphatic rings. The summed E-state index contributed by atoms with van der Waals surface area (Å²) in [4.78, 5) is 12.1. The number of hydrogen-bond acceptors (Lipinski definition) is 3. The largest absolute Gasteiger partial charge is 0.310 e. The molecule has 0 amide bonds. The van der Waals surface area contributed by atoms with Gasteiger partial charge in [-0.15, -0.1) is 0 Å². The molecule has 0 bridgehead atoms. The normalized spacial score (nSPS) is 11.8. The van der Waals surface area contributed by atoms with E-state index in [1.54, 1.807) is 0 Å². The van der Waals surface area contributed by atoms with E-state index in [1.165, 1.54) is 21.5 Å². The summed E-state index contributed by atoms with van der Waals surface area (Å²) in [6.07, 6.45) is 4.14. The fourth-order valence-electron chi connectivity index (χ4n) is 5.53. The van der Waals surface area contributed by atoms with Gasteiger partial charge < -0.3 is 4.90 Å². The smallest absolute Gasteiger partial charge is 0.0796 e. The second kappa shape index (κ2) is 12.4. The molecular weight excluding hydrogens is 579 g/mol. The van der Waals surface area contributed by atoms with Gasteiger partial charge in [0, 0.05) is 40.6 Å².